The molecule has 0 fully saturated rings. The van der Waals surface area contributed by atoms with Crippen LogP contribution in [0.15, 0.2) is 24.3 Å². The summed E-state index contributed by atoms with van der Waals surface area (Å²) in [5.74, 6) is -0.356. The third-order valence-electron chi connectivity index (χ3n) is 2.78. The molecule has 1 aromatic heterocycles. The average molecular weight is 534 g/mol. The van der Waals surface area contributed by atoms with E-state index in [1.807, 2.05) is 0 Å². The van der Waals surface area contributed by atoms with Gasteiger partial charge < -0.3 is 0 Å². The Hall–Kier alpha value is -0.913. The number of carbonyl (C=O) groups excluding carboxylic acids is 1. The summed E-state index contributed by atoms with van der Waals surface area (Å²) in [5, 5.41) is 2.54. The molecule has 5 nitrogen and oxygen atoms in total. The number of anilines is 1. The predicted octanol–water partition coefficient (Wildman–Crippen LogP) is 0.898. The van der Waals surface area contributed by atoms with Crippen molar-refractivity contribution in [1.29, 1.82) is 0 Å². The van der Waals surface area contributed by atoms with Crippen LogP contribution in [0.25, 0.3) is 0 Å². The van der Waals surface area contributed by atoms with Crippen molar-refractivity contribution in [3.05, 3.63) is 35.4 Å². The summed E-state index contributed by atoms with van der Waals surface area (Å²) in [6.45, 7) is 0. The third-order valence-corrected chi connectivity index (χ3v) is 6.61. The maximum absolute atomic E-state index is 12.5. The molecule has 0 bridgehead atoms. The normalized spacial score (nSPS) is 11.3. The second-order valence-electron chi connectivity index (χ2n) is 4.34. The van der Waals surface area contributed by atoms with Gasteiger partial charge in [0.05, 0.1) is 0 Å². The van der Waals surface area contributed by atoms with Crippen LogP contribution in [0.1, 0.15) is 15.9 Å². The van der Waals surface area contributed by atoms with E-state index in [0.717, 1.165) is 31.9 Å². The summed E-state index contributed by atoms with van der Waals surface area (Å²) < 4.78 is 39.1. The van der Waals surface area contributed by atoms with Crippen LogP contribution in [-0.2, 0) is 6.18 Å². The fourth-order valence-corrected chi connectivity index (χ4v) is 5.04. The zero-order valence-electron chi connectivity index (χ0n) is 12.2. The first-order chi connectivity index (χ1) is 10.8. The van der Waals surface area contributed by atoms with Crippen LogP contribution in [0, 0.1) is 0 Å². The molecule has 1 amide bonds. The van der Waals surface area contributed by atoms with Gasteiger partial charge in [-0.25, -0.2) is 0 Å². The van der Waals surface area contributed by atoms with Crippen LogP contribution in [0.4, 0.5) is 19.1 Å². The topological polar surface area (TPSA) is 67.8 Å². The molecule has 1 aromatic carbocycles. The van der Waals surface area contributed by atoms with Gasteiger partial charge in [0, 0.05) is 0 Å². The van der Waals surface area contributed by atoms with Crippen LogP contribution in [0.2, 0.25) is 9.88 Å². The molecule has 2 aromatic rings. The zero-order chi connectivity index (χ0) is 17.0. The molecule has 0 spiro atoms. The summed E-state index contributed by atoms with van der Waals surface area (Å²) in [4.78, 5) is 29.0. The summed E-state index contributed by atoms with van der Waals surface area (Å²) in [6, 6.07) is 4.02. The van der Waals surface area contributed by atoms with Gasteiger partial charge in [-0.05, 0) is 0 Å². The molecule has 0 unspecified atom stereocenters. The Bertz CT molecular complexity index is 685. The van der Waals surface area contributed by atoms with Gasteiger partial charge in [0.1, 0.15) is 0 Å². The molecule has 118 valence electrons. The fraction of sp³-hybridized carbons (Fsp3) is 0.231. The van der Waals surface area contributed by atoms with Crippen LogP contribution in [0.3, 0.4) is 0 Å². The Morgan fingerprint density at radius 2 is 1.52 bits per heavy atom. The predicted molar refractivity (Wildman–Crippen MR) is 81.7 cm³/mol. The summed E-state index contributed by atoms with van der Waals surface area (Å²) in [6.07, 6.45) is -4.42. The van der Waals surface area contributed by atoms with Gasteiger partial charge in [-0.1, -0.05) is 0 Å². The second-order valence-corrected chi connectivity index (χ2v) is 9.74. The van der Waals surface area contributed by atoms with Gasteiger partial charge >= 0.3 is 152 Å². The molecule has 0 saturated heterocycles. The van der Waals surface area contributed by atoms with Crippen LogP contribution in [-0.4, -0.2) is 63.1 Å². The number of benzene rings is 1. The van der Waals surface area contributed by atoms with E-state index in [1.54, 1.807) is 0 Å². The van der Waals surface area contributed by atoms with Crippen LogP contribution < -0.4 is 13.0 Å². The monoisotopic (exact) mass is 536 g/mol. The van der Waals surface area contributed by atoms with Crippen molar-refractivity contribution in [3.63, 3.8) is 0 Å². The number of rotatable bonds is 4. The first-order valence-electron chi connectivity index (χ1n) is 6.43. The molecule has 0 saturated carbocycles. The Morgan fingerprint density at radius 1 is 1.00 bits per heavy atom. The number of alkyl halides is 3. The Balaban J connectivity index is 2.19. The molecule has 4 radical (unpaired) electrons. The Kier molecular flexibility index (Phi) is 6.23. The van der Waals surface area contributed by atoms with Crippen molar-refractivity contribution < 1.29 is 18.0 Å². The number of nitrogens with zero attached hydrogens (tertiary/aromatic N) is 3. The molecule has 1 heterocycles. The van der Waals surface area contributed by atoms with Gasteiger partial charge in [-0.15, -0.1) is 0 Å². The molecular formula is C13H11F3N4OSn2. The summed E-state index contributed by atoms with van der Waals surface area (Å²) >= 11 is -1.72. The van der Waals surface area contributed by atoms with E-state index in [0.29, 0.717) is 0 Å². The van der Waals surface area contributed by atoms with Crippen molar-refractivity contribution in [1.82, 2.24) is 15.0 Å². The van der Waals surface area contributed by atoms with E-state index in [4.69, 9.17) is 0 Å². The minimum atomic E-state index is -4.42. The van der Waals surface area contributed by atoms with Gasteiger partial charge in [-0.3, -0.25) is 0 Å². The van der Waals surface area contributed by atoms with E-state index < -0.39 is 59.9 Å². The second kappa shape index (κ2) is 7.77. The van der Waals surface area contributed by atoms with Gasteiger partial charge in [-0.2, -0.15) is 0 Å². The first-order valence-corrected chi connectivity index (χ1v) is 15.0. The van der Waals surface area contributed by atoms with Crippen molar-refractivity contribution in [2.24, 2.45) is 0 Å². The maximum atomic E-state index is 12.5. The van der Waals surface area contributed by atoms with Crippen molar-refractivity contribution in [2.75, 3.05) is 5.32 Å². The van der Waals surface area contributed by atoms with Crippen molar-refractivity contribution in [3.8, 4) is 0 Å². The molecule has 0 aliphatic carbocycles. The van der Waals surface area contributed by atoms with Gasteiger partial charge in [0.25, 0.3) is 0 Å². The minimum absolute atomic E-state index is 0.120. The third kappa shape index (κ3) is 5.03. The number of amides is 1. The Labute approximate surface area is 151 Å². The fourth-order valence-electron chi connectivity index (χ4n) is 1.64. The molecular weight excluding hydrogens is 523 g/mol. The number of halogens is 3. The number of hydrogen-bond donors (Lipinski definition) is 1. The van der Waals surface area contributed by atoms with Gasteiger partial charge in [0.2, 0.25) is 0 Å². The van der Waals surface area contributed by atoms with E-state index in [2.05, 4.69) is 30.1 Å². The van der Waals surface area contributed by atoms with E-state index >= 15 is 0 Å². The molecule has 0 aliphatic heterocycles. The Morgan fingerprint density at radius 3 is 1.96 bits per heavy atom. The van der Waals surface area contributed by atoms with Crippen molar-refractivity contribution in [2.45, 2.75) is 16.1 Å². The van der Waals surface area contributed by atoms with Crippen LogP contribution in [0.5, 0.6) is 0 Å². The molecule has 0 atom stereocenters. The molecule has 0 aliphatic rings. The molecule has 23 heavy (non-hydrogen) atoms. The van der Waals surface area contributed by atoms with Gasteiger partial charge in [0.15, 0.2) is 0 Å². The first kappa shape index (κ1) is 18.4. The molecule has 10 heteroatoms. The molecule has 1 N–H and O–H groups in total. The number of hydrogen-bond acceptors (Lipinski definition) is 4. The quantitative estimate of drug-likeness (QED) is 0.594. The molecule has 2 rings (SSSR count). The zero-order valence-corrected chi connectivity index (χ0v) is 17.9. The average Bonchev–Trinajstić information content (AvgIpc) is 2.53. The van der Waals surface area contributed by atoms with E-state index in [1.165, 1.54) is 0 Å². The number of aromatic nitrogens is 3. The summed E-state index contributed by atoms with van der Waals surface area (Å²) in [7, 11) is 0. The van der Waals surface area contributed by atoms with Crippen molar-refractivity contribution >= 4 is 61.8 Å². The van der Waals surface area contributed by atoms with Crippen LogP contribution >= 0.6 is 0 Å². The van der Waals surface area contributed by atoms with E-state index in [9.17, 15) is 18.0 Å². The summed E-state index contributed by atoms with van der Waals surface area (Å²) in [5.41, 5.74) is -0.676. The number of carbonyl (C=O) groups is 1. The SMILES string of the molecule is [CH3][Sn][c]1nc(NC(=O)c2ccc(C(F)(F)F)cc2)n[c]([Sn][CH3])n1. The standard InChI is InChI=1S/C11H5F3N4O.2CH3.2Sn/c12-11(13,14)8-3-1-7(2-4-8)9(19)18-10-16-5-15-6-17-10;;;;/h1-4H,(H,15,16,17,18,19);2*1H3;;. The number of nitrogens with one attached hydrogen (secondary N) is 1. The van der Waals surface area contributed by atoms with E-state index in [-0.39, 0.29) is 11.5 Å².